The van der Waals surface area contributed by atoms with Gasteiger partial charge in [0.05, 0.1) is 5.56 Å². The first-order valence-corrected chi connectivity index (χ1v) is 6.22. The Hall–Kier alpha value is -1.79. The van der Waals surface area contributed by atoms with E-state index in [1.54, 1.807) is 0 Å². The minimum absolute atomic E-state index is 0. The van der Waals surface area contributed by atoms with E-state index in [-0.39, 0.29) is 42.4 Å². The summed E-state index contributed by atoms with van der Waals surface area (Å²) >= 11 is 0. The molecule has 0 aliphatic heterocycles. The van der Waals surface area contributed by atoms with Crippen LogP contribution in [0.2, 0.25) is 0 Å². The molecule has 0 aliphatic rings. The molecule has 2 aromatic rings. The lowest BCUT2D eigenvalue weighted by Crippen LogP contribution is -2.11. The molecular weight excluding hydrogens is 322 g/mol. The van der Waals surface area contributed by atoms with E-state index in [0.29, 0.717) is 0 Å². The summed E-state index contributed by atoms with van der Waals surface area (Å²) in [6.07, 6.45) is -4.50. The minimum atomic E-state index is -4.50. The van der Waals surface area contributed by atoms with Gasteiger partial charge in [-0.2, -0.15) is 13.2 Å². The maximum absolute atomic E-state index is 13.8. The van der Waals surface area contributed by atoms with Crippen LogP contribution in [0.25, 0.3) is 11.1 Å². The lowest BCUT2D eigenvalue weighted by molar-refractivity contribution is -0.137. The summed E-state index contributed by atoms with van der Waals surface area (Å²) in [5.74, 6) is -0.758. The van der Waals surface area contributed by atoms with Crippen molar-refractivity contribution in [3.8, 4) is 16.9 Å². The molecule has 0 spiro atoms. The fraction of sp³-hybridized carbons (Fsp3) is 0.200. The fourth-order valence-corrected chi connectivity index (χ4v) is 1.94. The highest BCUT2D eigenvalue weighted by Crippen LogP contribution is 2.37. The van der Waals surface area contributed by atoms with Gasteiger partial charge < -0.3 is 10.5 Å². The first-order chi connectivity index (χ1) is 9.93. The summed E-state index contributed by atoms with van der Waals surface area (Å²) in [6.45, 7) is 0.355. The highest BCUT2D eigenvalue weighted by Gasteiger charge is 2.33. The topological polar surface area (TPSA) is 35.2 Å². The number of halogens is 5. The number of hydrogen-bond donors (Lipinski definition) is 1. The molecule has 0 radical (unpaired) electrons. The smallest absolute Gasteiger partial charge is 0.417 e. The van der Waals surface area contributed by atoms with E-state index in [0.717, 1.165) is 12.1 Å². The van der Waals surface area contributed by atoms with Crippen molar-refractivity contribution in [2.45, 2.75) is 6.18 Å². The minimum Gasteiger partial charge on any atom is -0.489 e. The molecule has 2 N–H and O–H groups in total. The maximum Gasteiger partial charge on any atom is 0.417 e. The summed E-state index contributed by atoms with van der Waals surface area (Å²) in [4.78, 5) is 0. The van der Waals surface area contributed by atoms with E-state index in [1.807, 2.05) is 0 Å². The first kappa shape index (κ1) is 18.3. The molecule has 0 aliphatic carbocycles. The molecule has 0 amide bonds. The molecule has 22 heavy (non-hydrogen) atoms. The van der Waals surface area contributed by atoms with Crippen molar-refractivity contribution in [1.29, 1.82) is 0 Å². The molecule has 0 atom stereocenters. The van der Waals surface area contributed by atoms with Crippen LogP contribution in [0, 0.1) is 5.82 Å². The number of nitrogens with two attached hydrogens (primary N) is 1. The zero-order chi connectivity index (χ0) is 15.5. The average molecular weight is 336 g/mol. The molecule has 0 saturated carbocycles. The van der Waals surface area contributed by atoms with Crippen molar-refractivity contribution in [2.24, 2.45) is 5.73 Å². The van der Waals surface area contributed by atoms with Gasteiger partial charge in [-0.1, -0.05) is 24.3 Å². The van der Waals surface area contributed by atoms with Crippen molar-refractivity contribution in [2.75, 3.05) is 13.2 Å². The third-order valence-electron chi connectivity index (χ3n) is 2.85. The summed E-state index contributed by atoms with van der Waals surface area (Å²) in [6, 6.07) is 8.75. The summed E-state index contributed by atoms with van der Waals surface area (Å²) in [7, 11) is 0. The van der Waals surface area contributed by atoms with Crippen LogP contribution >= 0.6 is 12.4 Å². The third-order valence-corrected chi connectivity index (χ3v) is 2.85. The van der Waals surface area contributed by atoms with E-state index in [1.165, 1.54) is 30.3 Å². The summed E-state index contributed by atoms with van der Waals surface area (Å²) in [5.41, 5.74) is 4.50. The molecule has 0 heterocycles. The van der Waals surface area contributed by atoms with Crippen LogP contribution in [0.1, 0.15) is 5.56 Å². The van der Waals surface area contributed by atoms with E-state index in [2.05, 4.69) is 0 Å². The maximum atomic E-state index is 13.8. The van der Waals surface area contributed by atoms with Gasteiger partial charge >= 0.3 is 6.18 Å². The van der Waals surface area contributed by atoms with Crippen LogP contribution in [0.5, 0.6) is 5.75 Å². The molecular formula is C15H14ClF4NO. The zero-order valence-electron chi connectivity index (χ0n) is 11.4. The van der Waals surface area contributed by atoms with Crippen molar-refractivity contribution >= 4 is 12.4 Å². The largest absolute Gasteiger partial charge is 0.489 e. The Morgan fingerprint density at radius 1 is 1.05 bits per heavy atom. The molecule has 0 saturated heterocycles. The van der Waals surface area contributed by atoms with Crippen LogP contribution in [0.15, 0.2) is 42.5 Å². The summed E-state index contributed by atoms with van der Waals surface area (Å²) in [5, 5.41) is 0. The standard InChI is InChI=1S/C15H13F4NO.ClH/c16-13-9-10(5-6-14(13)21-8-7-20)11-3-1-2-4-12(11)15(17,18)19;/h1-6,9H,7-8,20H2;1H. The Morgan fingerprint density at radius 3 is 2.32 bits per heavy atom. The van der Waals surface area contributed by atoms with E-state index in [9.17, 15) is 17.6 Å². The van der Waals surface area contributed by atoms with Crippen molar-refractivity contribution < 1.29 is 22.3 Å². The van der Waals surface area contributed by atoms with Crippen LogP contribution in [-0.2, 0) is 6.18 Å². The predicted molar refractivity (Wildman–Crippen MR) is 78.6 cm³/mol. The molecule has 0 fully saturated rings. The SMILES string of the molecule is Cl.NCCOc1ccc(-c2ccccc2C(F)(F)F)cc1F. The Balaban J connectivity index is 0.00000242. The lowest BCUT2D eigenvalue weighted by Gasteiger charge is -2.13. The molecule has 2 nitrogen and oxygen atoms in total. The molecule has 2 aromatic carbocycles. The second-order valence-electron chi connectivity index (χ2n) is 4.33. The number of alkyl halides is 3. The van der Waals surface area contributed by atoms with Crippen LogP contribution in [0.4, 0.5) is 17.6 Å². The number of hydrogen-bond acceptors (Lipinski definition) is 2. The van der Waals surface area contributed by atoms with Crippen molar-refractivity contribution in [1.82, 2.24) is 0 Å². The monoisotopic (exact) mass is 335 g/mol. The Labute approximate surface area is 131 Å². The fourth-order valence-electron chi connectivity index (χ4n) is 1.94. The van der Waals surface area contributed by atoms with Gasteiger partial charge in [0.2, 0.25) is 0 Å². The molecule has 0 bridgehead atoms. The second kappa shape index (κ2) is 7.47. The van der Waals surface area contributed by atoms with Gasteiger partial charge in [-0.3, -0.25) is 0 Å². The highest BCUT2D eigenvalue weighted by atomic mass is 35.5. The van der Waals surface area contributed by atoms with Gasteiger partial charge in [-0.25, -0.2) is 4.39 Å². The highest BCUT2D eigenvalue weighted by molar-refractivity contribution is 5.85. The normalized spacial score (nSPS) is 11.0. The lowest BCUT2D eigenvalue weighted by atomic mass is 9.99. The van der Waals surface area contributed by atoms with Crippen molar-refractivity contribution in [3.63, 3.8) is 0 Å². The van der Waals surface area contributed by atoms with E-state index >= 15 is 0 Å². The van der Waals surface area contributed by atoms with Gasteiger partial charge in [-0.15, -0.1) is 12.4 Å². The van der Waals surface area contributed by atoms with E-state index in [4.69, 9.17) is 10.5 Å². The van der Waals surface area contributed by atoms with Gasteiger partial charge in [0.1, 0.15) is 6.61 Å². The Bertz CT molecular complexity index is 631. The Kier molecular flexibility index (Phi) is 6.20. The van der Waals surface area contributed by atoms with Gasteiger partial charge in [0.15, 0.2) is 11.6 Å². The zero-order valence-corrected chi connectivity index (χ0v) is 12.2. The summed E-state index contributed by atoms with van der Waals surface area (Å²) < 4.78 is 57.7. The molecule has 0 unspecified atom stereocenters. The molecule has 120 valence electrons. The van der Waals surface area contributed by atoms with Crippen LogP contribution < -0.4 is 10.5 Å². The van der Waals surface area contributed by atoms with E-state index < -0.39 is 17.6 Å². The predicted octanol–water partition coefficient (Wildman–Crippen LogP) is 4.27. The quantitative estimate of drug-likeness (QED) is 0.847. The Morgan fingerprint density at radius 2 is 1.73 bits per heavy atom. The number of rotatable bonds is 4. The molecule has 2 rings (SSSR count). The average Bonchev–Trinajstić information content (AvgIpc) is 2.45. The second-order valence-corrected chi connectivity index (χ2v) is 4.33. The number of benzene rings is 2. The van der Waals surface area contributed by atoms with Crippen molar-refractivity contribution in [3.05, 3.63) is 53.8 Å². The first-order valence-electron chi connectivity index (χ1n) is 6.22. The van der Waals surface area contributed by atoms with Gasteiger partial charge in [-0.05, 0) is 29.3 Å². The van der Waals surface area contributed by atoms with Gasteiger partial charge in [0, 0.05) is 6.54 Å². The molecule has 0 aromatic heterocycles. The van der Waals surface area contributed by atoms with Gasteiger partial charge in [0.25, 0.3) is 0 Å². The van der Waals surface area contributed by atoms with Crippen LogP contribution in [-0.4, -0.2) is 13.2 Å². The number of ether oxygens (including phenoxy) is 1. The molecule has 7 heteroatoms. The third kappa shape index (κ3) is 4.11. The van der Waals surface area contributed by atoms with Crippen LogP contribution in [0.3, 0.4) is 0 Å².